The van der Waals surface area contributed by atoms with Gasteiger partial charge in [0.1, 0.15) is 0 Å². The second-order valence-electron chi connectivity index (χ2n) is 5.57. The predicted octanol–water partition coefficient (Wildman–Crippen LogP) is 1.58. The van der Waals surface area contributed by atoms with Gasteiger partial charge in [-0.1, -0.05) is 6.07 Å². The molecule has 0 saturated carbocycles. The van der Waals surface area contributed by atoms with Crippen molar-refractivity contribution in [3.05, 3.63) is 42.2 Å². The van der Waals surface area contributed by atoms with Crippen molar-refractivity contribution in [2.24, 2.45) is 0 Å². The highest BCUT2D eigenvalue weighted by atomic mass is 35.5. The van der Waals surface area contributed by atoms with E-state index in [1.54, 1.807) is 27.4 Å². The van der Waals surface area contributed by atoms with E-state index < -0.39 is 10.0 Å². The van der Waals surface area contributed by atoms with Gasteiger partial charge < -0.3 is 5.32 Å². The Bertz CT molecular complexity index is 762. The third-order valence-corrected chi connectivity index (χ3v) is 6.12. The van der Waals surface area contributed by atoms with Crippen LogP contribution in [-0.2, 0) is 10.0 Å². The molecule has 6 nitrogen and oxygen atoms in total. The van der Waals surface area contributed by atoms with Crippen LogP contribution in [0.3, 0.4) is 0 Å². The van der Waals surface area contributed by atoms with Gasteiger partial charge in [0, 0.05) is 38.1 Å². The Balaban J connectivity index is 0.00000192. The van der Waals surface area contributed by atoms with Crippen LogP contribution in [0.1, 0.15) is 12.5 Å². The van der Waals surface area contributed by atoms with E-state index in [-0.39, 0.29) is 18.4 Å². The molecule has 0 bridgehead atoms. The van der Waals surface area contributed by atoms with E-state index in [9.17, 15) is 8.42 Å². The van der Waals surface area contributed by atoms with Gasteiger partial charge in [0.05, 0.1) is 10.6 Å². The van der Waals surface area contributed by atoms with E-state index in [0.717, 1.165) is 11.3 Å². The molecule has 2 heterocycles. The maximum atomic E-state index is 13.0. The summed E-state index contributed by atoms with van der Waals surface area (Å²) in [6.07, 6.45) is 3.47. The summed E-state index contributed by atoms with van der Waals surface area (Å²) in [5.41, 5.74) is 1.50. The van der Waals surface area contributed by atoms with E-state index in [1.165, 1.54) is 0 Å². The van der Waals surface area contributed by atoms with Crippen molar-refractivity contribution in [3.8, 4) is 5.69 Å². The quantitative estimate of drug-likeness (QED) is 0.906. The third kappa shape index (κ3) is 3.42. The SMILES string of the molecule is Cc1ccc(-n2cccn2)cc1S(=O)(=O)N1CCNCC1C.Cl. The number of halogens is 1. The highest BCUT2D eigenvalue weighted by Gasteiger charge is 2.32. The number of benzene rings is 1. The van der Waals surface area contributed by atoms with Crippen LogP contribution in [0, 0.1) is 6.92 Å². The number of aryl methyl sites for hydroxylation is 1. The average Bonchev–Trinajstić information content (AvgIpc) is 3.02. The monoisotopic (exact) mass is 356 g/mol. The van der Waals surface area contributed by atoms with E-state index >= 15 is 0 Å². The average molecular weight is 357 g/mol. The Morgan fingerprint density at radius 2 is 2.13 bits per heavy atom. The first kappa shape index (κ1) is 17.9. The number of hydrogen-bond acceptors (Lipinski definition) is 4. The molecule has 1 aliphatic heterocycles. The molecule has 0 spiro atoms. The fourth-order valence-electron chi connectivity index (χ4n) is 2.74. The van der Waals surface area contributed by atoms with Crippen molar-refractivity contribution in [2.75, 3.05) is 19.6 Å². The fraction of sp³-hybridized carbons (Fsp3) is 0.400. The standard InChI is InChI=1S/C15H20N4O2S.ClH/c1-12-4-5-14(18-8-3-6-17-18)10-15(12)22(20,21)19-9-7-16-11-13(19)2;/h3-6,8,10,13,16H,7,9,11H2,1-2H3;1H. The van der Waals surface area contributed by atoms with E-state index in [0.29, 0.717) is 24.5 Å². The Labute approximate surface area is 143 Å². The summed E-state index contributed by atoms with van der Waals surface area (Å²) in [5.74, 6) is 0. The highest BCUT2D eigenvalue weighted by molar-refractivity contribution is 7.89. The van der Waals surface area contributed by atoms with Crippen molar-refractivity contribution in [1.29, 1.82) is 0 Å². The van der Waals surface area contributed by atoms with Crippen molar-refractivity contribution in [1.82, 2.24) is 19.4 Å². The summed E-state index contributed by atoms with van der Waals surface area (Å²) in [5, 5.41) is 7.38. The van der Waals surface area contributed by atoms with Crippen LogP contribution in [0.4, 0.5) is 0 Å². The molecule has 1 aromatic carbocycles. The van der Waals surface area contributed by atoms with Crippen LogP contribution in [0.5, 0.6) is 0 Å². The molecular formula is C15H21ClN4O2S. The zero-order chi connectivity index (χ0) is 15.7. The molecule has 1 N–H and O–H groups in total. The molecule has 126 valence electrons. The lowest BCUT2D eigenvalue weighted by Crippen LogP contribution is -2.52. The maximum absolute atomic E-state index is 13.0. The lowest BCUT2D eigenvalue weighted by Gasteiger charge is -2.33. The lowest BCUT2D eigenvalue weighted by atomic mass is 10.2. The number of sulfonamides is 1. The summed E-state index contributed by atoms with van der Waals surface area (Å²) >= 11 is 0. The summed E-state index contributed by atoms with van der Waals surface area (Å²) in [6, 6.07) is 7.17. The molecule has 2 aromatic rings. The first-order valence-electron chi connectivity index (χ1n) is 7.33. The Morgan fingerprint density at radius 1 is 1.35 bits per heavy atom. The van der Waals surface area contributed by atoms with E-state index in [4.69, 9.17) is 0 Å². The summed E-state index contributed by atoms with van der Waals surface area (Å²) in [7, 11) is -3.50. The Morgan fingerprint density at radius 3 is 2.78 bits per heavy atom. The van der Waals surface area contributed by atoms with Gasteiger partial charge >= 0.3 is 0 Å². The zero-order valence-corrected chi connectivity index (χ0v) is 14.8. The van der Waals surface area contributed by atoms with Gasteiger partial charge in [-0.25, -0.2) is 13.1 Å². The fourth-order valence-corrected chi connectivity index (χ4v) is 4.61. The number of aromatic nitrogens is 2. The van der Waals surface area contributed by atoms with E-state index in [2.05, 4.69) is 10.4 Å². The van der Waals surface area contributed by atoms with Crippen molar-refractivity contribution >= 4 is 22.4 Å². The number of nitrogens with one attached hydrogen (secondary N) is 1. The summed E-state index contributed by atoms with van der Waals surface area (Å²) < 4.78 is 29.3. The molecule has 0 radical (unpaired) electrons. The maximum Gasteiger partial charge on any atom is 0.243 e. The first-order valence-corrected chi connectivity index (χ1v) is 8.77. The van der Waals surface area contributed by atoms with Crippen LogP contribution in [0.25, 0.3) is 5.69 Å². The molecule has 1 atom stereocenters. The number of rotatable bonds is 3. The van der Waals surface area contributed by atoms with Crippen LogP contribution in [0.15, 0.2) is 41.6 Å². The van der Waals surface area contributed by atoms with Gasteiger partial charge in [0.2, 0.25) is 10.0 Å². The molecule has 0 aliphatic carbocycles. The number of nitrogens with zero attached hydrogens (tertiary/aromatic N) is 3. The molecule has 8 heteroatoms. The first-order chi connectivity index (χ1) is 10.5. The molecule has 1 fully saturated rings. The smallest absolute Gasteiger partial charge is 0.243 e. The van der Waals surface area contributed by atoms with E-state index in [1.807, 2.05) is 32.0 Å². The van der Waals surface area contributed by atoms with Crippen molar-refractivity contribution in [3.63, 3.8) is 0 Å². The molecule has 1 aliphatic rings. The second kappa shape index (κ2) is 7.00. The van der Waals surface area contributed by atoms with Crippen LogP contribution in [0.2, 0.25) is 0 Å². The zero-order valence-electron chi connectivity index (χ0n) is 13.1. The second-order valence-corrected chi connectivity index (χ2v) is 7.43. The minimum atomic E-state index is -3.50. The lowest BCUT2D eigenvalue weighted by molar-refractivity contribution is 0.283. The molecule has 1 unspecified atom stereocenters. The third-order valence-electron chi connectivity index (χ3n) is 3.97. The number of hydrogen-bond donors (Lipinski definition) is 1. The van der Waals surface area contributed by atoms with Crippen LogP contribution in [-0.4, -0.2) is 48.2 Å². The van der Waals surface area contributed by atoms with Crippen LogP contribution >= 0.6 is 12.4 Å². The van der Waals surface area contributed by atoms with Gasteiger partial charge in [-0.05, 0) is 37.6 Å². The molecule has 1 aromatic heterocycles. The minimum Gasteiger partial charge on any atom is -0.314 e. The van der Waals surface area contributed by atoms with Crippen molar-refractivity contribution < 1.29 is 8.42 Å². The van der Waals surface area contributed by atoms with Gasteiger partial charge in [0.25, 0.3) is 0 Å². The van der Waals surface area contributed by atoms with Crippen LogP contribution < -0.4 is 5.32 Å². The minimum absolute atomic E-state index is 0. The normalized spacial score (nSPS) is 19.3. The van der Waals surface area contributed by atoms with Gasteiger partial charge in [-0.2, -0.15) is 9.40 Å². The van der Waals surface area contributed by atoms with Gasteiger partial charge in [-0.15, -0.1) is 12.4 Å². The molecule has 3 rings (SSSR count). The predicted molar refractivity (Wildman–Crippen MR) is 91.8 cm³/mol. The Hall–Kier alpha value is -1.41. The molecule has 23 heavy (non-hydrogen) atoms. The topological polar surface area (TPSA) is 67.2 Å². The largest absolute Gasteiger partial charge is 0.314 e. The Kier molecular flexibility index (Phi) is 5.46. The summed E-state index contributed by atoms with van der Waals surface area (Å²) in [4.78, 5) is 0.356. The highest BCUT2D eigenvalue weighted by Crippen LogP contribution is 2.24. The van der Waals surface area contributed by atoms with Crippen molar-refractivity contribution in [2.45, 2.75) is 24.8 Å². The molecule has 0 amide bonds. The number of piperazine rings is 1. The molecule has 1 saturated heterocycles. The van der Waals surface area contributed by atoms with Gasteiger partial charge in [-0.3, -0.25) is 0 Å². The van der Waals surface area contributed by atoms with Gasteiger partial charge in [0.15, 0.2) is 0 Å². The molecular weight excluding hydrogens is 336 g/mol. The summed E-state index contributed by atoms with van der Waals surface area (Å²) in [6.45, 7) is 5.61.